The van der Waals surface area contributed by atoms with E-state index in [0.29, 0.717) is 11.5 Å². The summed E-state index contributed by atoms with van der Waals surface area (Å²) in [5, 5.41) is 2.24. The molecular formula is C64H60N4OPt-2. The third kappa shape index (κ3) is 9.20. The number of rotatable bonds is 10. The van der Waals surface area contributed by atoms with E-state index in [1.807, 2.05) is 29.0 Å². The zero-order valence-electron chi connectivity index (χ0n) is 41.8. The molecule has 0 amide bonds. The first-order valence-corrected chi connectivity index (χ1v) is 24.0. The van der Waals surface area contributed by atoms with Gasteiger partial charge in [-0.1, -0.05) is 184 Å². The van der Waals surface area contributed by atoms with Gasteiger partial charge in [-0.05, 0) is 91.2 Å². The summed E-state index contributed by atoms with van der Waals surface area (Å²) in [6.07, 6.45) is 7.84. The molecule has 5 nitrogen and oxygen atoms in total. The number of hydrogen-bond donors (Lipinski definition) is 0. The van der Waals surface area contributed by atoms with Gasteiger partial charge in [-0.15, -0.1) is 29.7 Å². The van der Waals surface area contributed by atoms with E-state index in [0.717, 1.165) is 50.3 Å². The van der Waals surface area contributed by atoms with Crippen molar-refractivity contribution in [1.29, 1.82) is 0 Å². The molecule has 354 valence electrons. The monoisotopic (exact) mass is 1100 g/mol. The van der Waals surface area contributed by atoms with Gasteiger partial charge in [-0.2, -0.15) is 18.2 Å². The Morgan fingerprint density at radius 1 is 0.500 bits per heavy atom. The van der Waals surface area contributed by atoms with Crippen molar-refractivity contribution >= 4 is 21.8 Å². The molecule has 0 aliphatic carbocycles. The molecule has 3 aromatic heterocycles. The van der Waals surface area contributed by atoms with Crippen LogP contribution in [-0.4, -0.2) is 14.1 Å². The fourth-order valence-electron chi connectivity index (χ4n) is 9.53. The normalized spacial score (nSPS) is 12.3. The molecule has 10 rings (SSSR count). The number of aromatic nitrogens is 4. The van der Waals surface area contributed by atoms with Gasteiger partial charge in [0.1, 0.15) is 5.82 Å². The molecule has 6 heteroatoms. The molecule has 7 aromatic carbocycles. The molecular weight excluding hydrogens is 1040 g/mol. The van der Waals surface area contributed by atoms with Crippen molar-refractivity contribution in [2.45, 2.75) is 90.9 Å². The fourth-order valence-corrected chi connectivity index (χ4v) is 9.53. The number of benzene rings is 7. The van der Waals surface area contributed by atoms with Crippen LogP contribution in [0.2, 0.25) is 0 Å². The third-order valence-electron chi connectivity index (χ3n) is 13.9. The average Bonchev–Trinajstić information content (AvgIpc) is 3.95. The van der Waals surface area contributed by atoms with Crippen LogP contribution in [-0.2, 0) is 42.7 Å². The molecule has 3 heterocycles. The quantitative estimate of drug-likeness (QED) is 0.101. The van der Waals surface area contributed by atoms with Crippen molar-refractivity contribution in [1.82, 2.24) is 14.1 Å². The molecule has 0 bridgehead atoms. The summed E-state index contributed by atoms with van der Waals surface area (Å²) in [5.41, 5.74) is 12.7. The van der Waals surface area contributed by atoms with Gasteiger partial charge < -0.3 is 13.9 Å². The van der Waals surface area contributed by atoms with Gasteiger partial charge in [0.05, 0.1) is 11.4 Å². The van der Waals surface area contributed by atoms with Crippen molar-refractivity contribution < 1.29 is 30.4 Å². The Bertz CT molecular complexity index is 3480. The minimum absolute atomic E-state index is 0. The second-order valence-corrected chi connectivity index (χ2v) is 21.5. The fraction of sp³-hybridized carbons (Fsp3) is 0.219. The molecule has 0 saturated heterocycles. The first-order valence-electron chi connectivity index (χ1n) is 24.0. The van der Waals surface area contributed by atoms with Crippen molar-refractivity contribution in [2.75, 3.05) is 0 Å². The molecule has 0 aliphatic heterocycles. The SMILES string of the molecule is CC(C)(C)c1ccc2c(c1)c1ccc(Oc3[c-]c(-n4[c-][n+](-c5cc(-c6ccccc6)cc(C(C)(C)c6ccccc6)c5)c(C(C)(C)C)c4)ccc3)[c-]c1n2-c1cc(C(C)(C)c2ccccc2)ccn1.[Pt]. The Morgan fingerprint density at radius 2 is 1.14 bits per heavy atom. The maximum absolute atomic E-state index is 6.72. The molecule has 0 radical (unpaired) electrons. The van der Waals surface area contributed by atoms with Gasteiger partial charge in [0.15, 0.2) is 0 Å². The third-order valence-corrected chi connectivity index (χ3v) is 13.9. The predicted octanol–water partition coefficient (Wildman–Crippen LogP) is 15.4. The van der Waals surface area contributed by atoms with Crippen molar-refractivity contribution in [3.63, 3.8) is 0 Å². The Balaban J connectivity index is 0.00000608. The van der Waals surface area contributed by atoms with Gasteiger partial charge in [0, 0.05) is 61.3 Å². The zero-order valence-corrected chi connectivity index (χ0v) is 44.1. The standard InChI is InChI=1S/C64H60N4O.Pt/c1-61(2,3)48-29-32-57-56(38-48)55-31-30-54(41-58(55)68(57)60-39-49(33-34-65-60)63(7,8)46-23-16-12-17-24-46)69-53-28-20-27-51(40-53)66-42-59(62(4,5)6)67(43-66)52-36-45(44-21-14-11-15-22-44)35-50(37-52)64(9,10)47-25-18-13-19-26-47;/h11-39,42H,1-10H3;/q-2;. The molecule has 0 fully saturated rings. The number of nitrogens with zero attached hydrogens (tertiary/aromatic N) is 4. The van der Waals surface area contributed by atoms with E-state index < -0.39 is 0 Å². The summed E-state index contributed by atoms with van der Waals surface area (Å²) in [5.74, 6) is 2.00. The molecule has 70 heavy (non-hydrogen) atoms. The van der Waals surface area contributed by atoms with Crippen LogP contribution in [0.25, 0.3) is 50.1 Å². The molecule has 0 aliphatic rings. The van der Waals surface area contributed by atoms with Crippen LogP contribution in [0.5, 0.6) is 11.5 Å². The van der Waals surface area contributed by atoms with E-state index in [2.05, 4.69) is 255 Å². The Labute approximate surface area is 428 Å². The minimum atomic E-state index is -0.255. The van der Waals surface area contributed by atoms with E-state index in [1.54, 1.807) is 0 Å². The van der Waals surface area contributed by atoms with Crippen LogP contribution in [0.15, 0.2) is 182 Å². The number of fused-ring (bicyclic) bond motifs is 3. The zero-order chi connectivity index (χ0) is 48.3. The summed E-state index contributed by atoms with van der Waals surface area (Å²) >= 11 is 0. The Morgan fingerprint density at radius 3 is 1.80 bits per heavy atom. The maximum Gasteiger partial charge on any atom is 0.267 e. The van der Waals surface area contributed by atoms with E-state index in [9.17, 15) is 0 Å². The van der Waals surface area contributed by atoms with Crippen LogP contribution in [0, 0.1) is 18.5 Å². The first-order chi connectivity index (χ1) is 32.9. The molecule has 10 aromatic rings. The van der Waals surface area contributed by atoms with Gasteiger partial charge in [0.2, 0.25) is 0 Å². The van der Waals surface area contributed by atoms with Crippen molar-refractivity contribution in [2.24, 2.45) is 0 Å². The molecule has 0 N–H and O–H groups in total. The van der Waals surface area contributed by atoms with E-state index in [1.165, 1.54) is 33.4 Å². The van der Waals surface area contributed by atoms with Crippen LogP contribution < -0.4 is 9.30 Å². The van der Waals surface area contributed by atoms with Gasteiger partial charge in [0.25, 0.3) is 6.33 Å². The first kappa shape index (κ1) is 48.2. The summed E-state index contributed by atoms with van der Waals surface area (Å²) in [7, 11) is 0. The van der Waals surface area contributed by atoms with E-state index >= 15 is 0 Å². The van der Waals surface area contributed by atoms with Gasteiger partial charge in [-0.25, -0.2) is 4.98 Å². The second kappa shape index (κ2) is 18.5. The summed E-state index contributed by atoms with van der Waals surface area (Å²) in [6, 6.07) is 67.6. The van der Waals surface area contributed by atoms with Crippen molar-refractivity contribution in [3.8, 4) is 39.8 Å². The second-order valence-electron chi connectivity index (χ2n) is 21.5. The number of ether oxygens (including phenoxy) is 1. The Kier molecular flexibility index (Phi) is 12.7. The topological polar surface area (TPSA) is 35.9 Å². The maximum atomic E-state index is 6.72. The average molecular weight is 1100 g/mol. The molecule has 0 atom stereocenters. The Hall–Kier alpha value is -6.81. The number of imidazole rings is 1. The van der Waals surface area contributed by atoms with Gasteiger partial charge >= 0.3 is 0 Å². The smallest absolute Gasteiger partial charge is 0.267 e. The minimum Gasteiger partial charge on any atom is -0.510 e. The van der Waals surface area contributed by atoms with Crippen LogP contribution in [0.3, 0.4) is 0 Å². The summed E-state index contributed by atoms with van der Waals surface area (Å²) < 4.78 is 13.2. The van der Waals surface area contributed by atoms with Crippen LogP contribution in [0.4, 0.5) is 0 Å². The van der Waals surface area contributed by atoms with Crippen molar-refractivity contribution in [3.05, 3.63) is 234 Å². The largest absolute Gasteiger partial charge is 0.510 e. The molecule has 0 unspecified atom stereocenters. The molecule has 0 saturated carbocycles. The summed E-state index contributed by atoms with van der Waals surface area (Å²) in [6.45, 7) is 22.7. The summed E-state index contributed by atoms with van der Waals surface area (Å²) in [4.78, 5) is 5.01. The van der Waals surface area contributed by atoms with E-state index in [4.69, 9.17) is 9.72 Å². The van der Waals surface area contributed by atoms with E-state index in [-0.39, 0.29) is 42.7 Å². The van der Waals surface area contributed by atoms with Gasteiger partial charge in [-0.3, -0.25) is 4.57 Å². The van der Waals surface area contributed by atoms with Crippen LogP contribution in [0.1, 0.15) is 103 Å². The molecule has 0 spiro atoms. The number of pyridine rings is 1. The number of hydrogen-bond acceptors (Lipinski definition) is 2. The van der Waals surface area contributed by atoms with Crippen LogP contribution >= 0.6 is 0 Å². The predicted molar refractivity (Wildman–Crippen MR) is 282 cm³/mol.